The molecular formula is C94H64N8O2. The first-order chi connectivity index (χ1) is 51.4. The van der Waals surface area contributed by atoms with E-state index in [9.17, 15) is 0 Å². The van der Waals surface area contributed by atoms with Gasteiger partial charge in [-0.05, 0) is 144 Å². The molecular weight excluding hydrogens is 1270 g/mol. The maximum atomic E-state index is 7.83. The lowest BCUT2D eigenvalue weighted by atomic mass is 9.82. The molecule has 1 aliphatic carbocycles. The molecule has 0 N–H and O–H groups in total. The monoisotopic (exact) mass is 1340 g/mol. The lowest BCUT2D eigenvalue weighted by molar-refractivity contribution is 0.660. The summed E-state index contributed by atoms with van der Waals surface area (Å²) in [6.07, 6.45) is 18.3. The fourth-order valence-corrected chi connectivity index (χ4v) is 17.2. The maximum absolute atomic E-state index is 7.83. The number of aliphatic imine (C=N–C) groups is 4. The molecule has 4 aliphatic rings. The summed E-state index contributed by atoms with van der Waals surface area (Å²) in [4.78, 5) is 29.0. The molecule has 10 heteroatoms. The smallest absolute Gasteiger partial charge is 0.159 e. The first-order valence-corrected chi connectivity index (χ1v) is 35.6. The van der Waals surface area contributed by atoms with E-state index in [2.05, 4.69) is 317 Å². The van der Waals surface area contributed by atoms with Gasteiger partial charge >= 0.3 is 0 Å². The largest absolute Gasteiger partial charge is 0.455 e. The Balaban J connectivity index is 0.935. The van der Waals surface area contributed by atoms with Gasteiger partial charge in [0, 0.05) is 102 Å². The highest BCUT2D eigenvalue weighted by molar-refractivity contribution is 6.41. The van der Waals surface area contributed by atoms with Crippen LogP contribution in [0.1, 0.15) is 36.1 Å². The SMILES string of the molecule is CC1(C)c2ccccc2-c2ccc(N(c3cc4ccc(-c5ccc6ccc7ccccc7c6c5)cc4c4ccccc34)c3c(N4C=CC=CC4)c4c(N5C=NC=CC5)cc5oc6c(N7C=NC=NC7)cccc6c5c4c4c3ccc3c4oc4cccc(C(=Nc5ccccc5)c5ccccc5)c43)cc21. The predicted molar refractivity (Wildman–Crippen MR) is 437 cm³/mol. The molecule has 21 rings (SSSR count). The van der Waals surface area contributed by atoms with Gasteiger partial charge in [-0.1, -0.05) is 220 Å². The van der Waals surface area contributed by atoms with E-state index >= 15 is 0 Å². The van der Waals surface area contributed by atoms with E-state index < -0.39 is 0 Å². The van der Waals surface area contributed by atoms with Gasteiger partial charge in [-0.25, -0.2) is 15.0 Å². The van der Waals surface area contributed by atoms with Crippen LogP contribution in [-0.2, 0) is 5.41 Å². The van der Waals surface area contributed by atoms with Crippen LogP contribution in [-0.4, -0.2) is 44.5 Å². The Morgan fingerprint density at radius 1 is 0.452 bits per heavy atom. The molecule has 3 aliphatic heterocycles. The summed E-state index contributed by atoms with van der Waals surface area (Å²) in [6, 6.07) is 95.4. The van der Waals surface area contributed by atoms with E-state index in [0.29, 0.717) is 25.3 Å². The number of hydrogen-bond donors (Lipinski definition) is 0. The van der Waals surface area contributed by atoms with Gasteiger partial charge in [0.1, 0.15) is 29.8 Å². The first-order valence-electron chi connectivity index (χ1n) is 35.6. The van der Waals surface area contributed by atoms with Gasteiger partial charge in [0.2, 0.25) is 0 Å². The molecule has 5 heterocycles. The number of para-hydroxylation sites is 2. The molecule has 17 aromatic rings. The average molecular weight is 1340 g/mol. The summed E-state index contributed by atoms with van der Waals surface area (Å²) in [6.45, 7) is 6.29. The third kappa shape index (κ3) is 9.14. The minimum absolute atomic E-state index is 0.340. The zero-order valence-corrected chi connectivity index (χ0v) is 57.0. The summed E-state index contributed by atoms with van der Waals surface area (Å²) in [5.41, 5.74) is 19.4. The van der Waals surface area contributed by atoms with Crippen molar-refractivity contribution < 1.29 is 8.83 Å². The molecule has 2 aromatic heterocycles. The number of allylic oxidation sites excluding steroid dienone is 2. The van der Waals surface area contributed by atoms with Crippen LogP contribution < -0.4 is 19.6 Å². The fraction of sp³-hybridized carbons (Fsp3) is 0.0638. The van der Waals surface area contributed by atoms with Crippen LogP contribution >= 0.6 is 0 Å². The predicted octanol–water partition coefficient (Wildman–Crippen LogP) is 24.1. The van der Waals surface area contributed by atoms with Crippen molar-refractivity contribution in [1.82, 2.24) is 0 Å². The normalized spacial score (nSPS) is 14.8. The summed E-state index contributed by atoms with van der Waals surface area (Å²) in [7, 11) is 0. The lowest BCUT2D eigenvalue weighted by Crippen LogP contribution is -2.26. The summed E-state index contributed by atoms with van der Waals surface area (Å²) < 4.78 is 15.3. The van der Waals surface area contributed by atoms with Crippen LogP contribution in [0.5, 0.6) is 0 Å². The number of furan rings is 2. The molecule has 10 nitrogen and oxygen atoms in total. The van der Waals surface area contributed by atoms with Crippen molar-refractivity contribution in [3.63, 3.8) is 0 Å². The van der Waals surface area contributed by atoms with E-state index in [4.69, 9.17) is 18.8 Å². The van der Waals surface area contributed by atoms with Crippen molar-refractivity contribution in [1.29, 1.82) is 0 Å². The quantitative estimate of drug-likeness (QED) is 0.100. The molecule has 0 spiro atoms. The maximum Gasteiger partial charge on any atom is 0.159 e. The van der Waals surface area contributed by atoms with Gasteiger partial charge in [0.25, 0.3) is 0 Å². The standard InChI is InChI=1S/C94H64N8O2/c1-94(2)77-32-15-14-28-68(77)69-42-41-65(52-78(69)94)102(80-51-63-40-39-62(50-76(63)67-27-12-13-29-70(67)80)61-38-37-59-36-35-58-21-10-11-26-66(58)75(59)49-61)90-72-43-44-74-84-71(89(60-22-6-3-7-23-60)98-64-24-8-4-9-25-64)30-19-34-82(84)103-93(74)86(72)88-85-73-31-18-33-79(101-56-96-54-97-57-101)92(73)104-83(85)53-81(100-48-20-45-95-55-100)87(88)91(90)99-46-16-5-17-47-99/h3-46,49-56H,47-48,57H2,1-2H3. The number of nitrogens with zero attached hydrogens (tertiary/aromatic N) is 8. The first kappa shape index (κ1) is 59.4. The molecule has 0 radical (unpaired) electrons. The summed E-state index contributed by atoms with van der Waals surface area (Å²) in [5.74, 6) is 0. The molecule has 0 fully saturated rings. The van der Waals surface area contributed by atoms with Gasteiger partial charge < -0.3 is 28.4 Å². The summed E-state index contributed by atoms with van der Waals surface area (Å²) in [5, 5.41) is 17.2. The molecule has 0 saturated heterocycles. The fourth-order valence-electron chi connectivity index (χ4n) is 17.2. The lowest BCUT2D eigenvalue weighted by Gasteiger charge is -2.36. The van der Waals surface area contributed by atoms with Crippen LogP contribution in [0.15, 0.2) is 326 Å². The molecule has 0 bridgehead atoms. The van der Waals surface area contributed by atoms with E-state index in [1.165, 1.54) is 54.7 Å². The number of benzene rings is 15. The van der Waals surface area contributed by atoms with E-state index in [1.54, 1.807) is 6.34 Å². The Kier molecular flexibility index (Phi) is 13.3. The van der Waals surface area contributed by atoms with Crippen LogP contribution in [0.2, 0.25) is 0 Å². The van der Waals surface area contributed by atoms with Gasteiger partial charge in [0.05, 0.1) is 52.5 Å². The van der Waals surface area contributed by atoms with Crippen LogP contribution in [0.4, 0.5) is 39.8 Å². The molecule has 0 atom stereocenters. The Hall–Kier alpha value is -13.4. The molecule has 0 saturated carbocycles. The highest BCUT2D eigenvalue weighted by Crippen LogP contribution is 2.60. The Labute approximate surface area is 599 Å². The Morgan fingerprint density at radius 2 is 1.14 bits per heavy atom. The second kappa shape index (κ2) is 23.3. The number of fused-ring (bicyclic) bond motifs is 20. The summed E-state index contributed by atoms with van der Waals surface area (Å²) >= 11 is 0. The zero-order chi connectivity index (χ0) is 68.7. The highest BCUT2D eigenvalue weighted by atomic mass is 16.3. The second-order valence-electron chi connectivity index (χ2n) is 28.0. The third-order valence-electron chi connectivity index (χ3n) is 21.9. The molecule has 15 aromatic carbocycles. The minimum Gasteiger partial charge on any atom is -0.455 e. The van der Waals surface area contributed by atoms with E-state index in [1.807, 2.05) is 37.1 Å². The number of rotatable bonds is 10. The Bertz CT molecular complexity index is 6770. The molecule has 0 amide bonds. The Morgan fingerprint density at radius 3 is 1.96 bits per heavy atom. The van der Waals surface area contributed by atoms with Crippen LogP contribution in [0.25, 0.3) is 131 Å². The van der Waals surface area contributed by atoms with Crippen LogP contribution in [0.3, 0.4) is 0 Å². The van der Waals surface area contributed by atoms with Crippen LogP contribution in [0, 0.1) is 0 Å². The second-order valence-corrected chi connectivity index (χ2v) is 28.0. The van der Waals surface area contributed by atoms with E-state index in [-0.39, 0.29) is 5.41 Å². The third-order valence-corrected chi connectivity index (χ3v) is 21.9. The molecule has 104 heavy (non-hydrogen) atoms. The van der Waals surface area contributed by atoms with Gasteiger partial charge in [-0.15, -0.1) is 0 Å². The molecule has 492 valence electrons. The van der Waals surface area contributed by atoms with E-state index in [0.717, 1.165) is 138 Å². The number of anilines is 6. The average Bonchev–Trinajstić information content (AvgIpc) is 1.35. The highest BCUT2D eigenvalue weighted by Gasteiger charge is 2.38. The van der Waals surface area contributed by atoms with Gasteiger partial charge in [0.15, 0.2) is 5.58 Å². The van der Waals surface area contributed by atoms with Crippen molar-refractivity contribution in [2.24, 2.45) is 20.0 Å². The van der Waals surface area contributed by atoms with Crippen molar-refractivity contribution in [2.45, 2.75) is 19.3 Å². The minimum atomic E-state index is -0.340. The zero-order valence-electron chi connectivity index (χ0n) is 57.0. The molecule has 0 unspecified atom stereocenters. The van der Waals surface area contributed by atoms with Crippen molar-refractivity contribution in [3.8, 4) is 22.3 Å². The van der Waals surface area contributed by atoms with Gasteiger partial charge in [-0.3, -0.25) is 4.99 Å². The topological polar surface area (TPSA) is 88.7 Å². The van der Waals surface area contributed by atoms with Crippen molar-refractivity contribution >= 4 is 173 Å². The van der Waals surface area contributed by atoms with Gasteiger partial charge in [-0.2, -0.15) is 0 Å². The number of hydrogen-bond acceptors (Lipinski definition) is 10. The van der Waals surface area contributed by atoms with Crippen molar-refractivity contribution in [3.05, 3.63) is 320 Å². The van der Waals surface area contributed by atoms with Crippen molar-refractivity contribution in [2.75, 3.05) is 39.4 Å².